The number of hydrogen-bond acceptors (Lipinski definition) is 3. The Morgan fingerprint density at radius 3 is 2.61 bits per heavy atom. The van der Waals surface area contributed by atoms with E-state index < -0.39 is 0 Å². The maximum absolute atomic E-state index is 5.70. The van der Waals surface area contributed by atoms with E-state index >= 15 is 0 Å². The SMILES string of the molecule is NCc1cccn2c(Cc3ccccc3)nnc12. The molecule has 0 spiro atoms. The highest BCUT2D eigenvalue weighted by Crippen LogP contribution is 2.12. The molecule has 0 atom stereocenters. The summed E-state index contributed by atoms with van der Waals surface area (Å²) in [6, 6.07) is 14.2. The van der Waals surface area contributed by atoms with Crippen LogP contribution in [0.5, 0.6) is 0 Å². The highest BCUT2D eigenvalue weighted by atomic mass is 15.2. The minimum absolute atomic E-state index is 0.480. The largest absolute Gasteiger partial charge is 0.326 e. The Bertz CT molecular complexity index is 658. The Kier molecular flexibility index (Phi) is 2.78. The standard InChI is InChI=1S/C14H14N4/c15-10-12-7-4-8-18-13(16-17-14(12)18)9-11-5-2-1-3-6-11/h1-8H,9-10,15H2. The predicted octanol–water partition coefficient (Wildman–Crippen LogP) is 1.78. The predicted molar refractivity (Wildman–Crippen MR) is 70.1 cm³/mol. The van der Waals surface area contributed by atoms with Crippen LogP contribution in [0.15, 0.2) is 48.7 Å². The molecule has 2 heterocycles. The summed E-state index contributed by atoms with van der Waals surface area (Å²) in [5.74, 6) is 0.937. The summed E-state index contributed by atoms with van der Waals surface area (Å²) in [5, 5.41) is 8.48. The van der Waals surface area contributed by atoms with E-state index in [1.807, 2.05) is 40.9 Å². The molecular weight excluding hydrogens is 224 g/mol. The summed E-state index contributed by atoms with van der Waals surface area (Å²) in [6.07, 6.45) is 2.75. The van der Waals surface area contributed by atoms with Crippen LogP contribution in [0.1, 0.15) is 17.0 Å². The average molecular weight is 238 g/mol. The first-order chi connectivity index (χ1) is 8.88. The number of rotatable bonds is 3. The van der Waals surface area contributed by atoms with Gasteiger partial charge in [-0.2, -0.15) is 0 Å². The molecule has 4 nitrogen and oxygen atoms in total. The first-order valence-corrected chi connectivity index (χ1v) is 5.94. The number of benzene rings is 1. The molecule has 90 valence electrons. The van der Waals surface area contributed by atoms with E-state index in [0.717, 1.165) is 23.5 Å². The molecule has 4 heteroatoms. The minimum atomic E-state index is 0.480. The van der Waals surface area contributed by atoms with Crippen molar-refractivity contribution < 1.29 is 0 Å². The Balaban J connectivity index is 2.03. The molecule has 0 fully saturated rings. The van der Waals surface area contributed by atoms with Crippen molar-refractivity contribution in [3.8, 4) is 0 Å². The topological polar surface area (TPSA) is 56.2 Å². The third kappa shape index (κ3) is 1.87. The number of aromatic nitrogens is 3. The van der Waals surface area contributed by atoms with Crippen molar-refractivity contribution in [1.29, 1.82) is 0 Å². The number of nitrogens with zero attached hydrogens (tertiary/aromatic N) is 3. The molecule has 1 aromatic carbocycles. The first-order valence-electron chi connectivity index (χ1n) is 5.94. The van der Waals surface area contributed by atoms with E-state index in [9.17, 15) is 0 Å². The van der Waals surface area contributed by atoms with Gasteiger partial charge in [-0.25, -0.2) is 0 Å². The van der Waals surface area contributed by atoms with Crippen LogP contribution >= 0.6 is 0 Å². The van der Waals surface area contributed by atoms with Crippen LogP contribution in [-0.4, -0.2) is 14.6 Å². The normalized spacial score (nSPS) is 10.9. The molecule has 3 rings (SSSR count). The lowest BCUT2D eigenvalue weighted by Gasteiger charge is -2.02. The van der Waals surface area contributed by atoms with Gasteiger partial charge in [-0.3, -0.25) is 4.40 Å². The quantitative estimate of drug-likeness (QED) is 0.756. The van der Waals surface area contributed by atoms with Crippen molar-refractivity contribution >= 4 is 5.65 Å². The van der Waals surface area contributed by atoms with E-state index in [1.165, 1.54) is 5.56 Å². The average Bonchev–Trinajstić information content (AvgIpc) is 2.83. The van der Waals surface area contributed by atoms with E-state index in [-0.39, 0.29) is 0 Å². The molecule has 0 aliphatic heterocycles. The van der Waals surface area contributed by atoms with Gasteiger partial charge in [0.25, 0.3) is 0 Å². The summed E-state index contributed by atoms with van der Waals surface area (Å²) in [4.78, 5) is 0. The Morgan fingerprint density at radius 1 is 1.00 bits per heavy atom. The summed E-state index contributed by atoms with van der Waals surface area (Å²) in [7, 11) is 0. The van der Waals surface area contributed by atoms with Crippen molar-refractivity contribution in [2.24, 2.45) is 5.73 Å². The second kappa shape index (κ2) is 4.58. The lowest BCUT2D eigenvalue weighted by molar-refractivity contribution is 0.933. The van der Waals surface area contributed by atoms with Crippen LogP contribution < -0.4 is 5.73 Å². The second-order valence-corrected chi connectivity index (χ2v) is 4.21. The number of nitrogens with two attached hydrogens (primary N) is 1. The number of fused-ring (bicyclic) bond motifs is 1. The highest BCUT2D eigenvalue weighted by Gasteiger charge is 2.08. The van der Waals surface area contributed by atoms with E-state index in [0.29, 0.717) is 6.54 Å². The molecule has 3 aromatic rings. The monoisotopic (exact) mass is 238 g/mol. The summed E-state index contributed by atoms with van der Waals surface area (Å²) in [6.45, 7) is 0.480. The lowest BCUT2D eigenvalue weighted by Crippen LogP contribution is -2.01. The van der Waals surface area contributed by atoms with Gasteiger partial charge in [0.2, 0.25) is 0 Å². The lowest BCUT2D eigenvalue weighted by atomic mass is 10.1. The summed E-state index contributed by atoms with van der Waals surface area (Å²) < 4.78 is 2.01. The van der Waals surface area contributed by atoms with Gasteiger partial charge in [-0.05, 0) is 11.6 Å². The molecule has 0 bridgehead atoms. The van der Waals surface area contributed by atoms with Crippen molar-refractivity contribution in [2.75, 3.05) is 0 Å². The van der Waals surface area contributed by atoms with E-state index in [2.05, 4.69) is 22.3 Å². The molecule has 0 amide bonds. The van der Waals surface area contributed by atoms with Gasteiger partial charge in [0.05, 0.1) is 0 Å². The fourth-order valence-corrected chi connectivity index (χ4v) is 2.08. The maximum atomic E-state index is 5.70. The highest BCUT2D eigenvalue weighted by molar-refractivity contribution is 5.47. The van der Waals surface area contributed by atoms with Gasteiger partial charge in [0.1, 0.15) is 5.82 Å². The molecule has 0 unspecified atom stereocenters. The van der Waals surface area contributed by atoms with Crippen molar-refractivity contribution in [1.82, 2.24) is 14.6 Å². The van der Waals surface area contributed by atoms with E-state index in [4.69, 9.17) is 5.73 Å². The van der Waals surface area contributed by atoms with Crippen LogP contribution in [0.2, 0.25) is 0 Å². The summed E-state index contributed by atoms with van der Waals surface area (Å²) in [5.41, 5.74) is 8.79. The maximum Gasteiger partial charge on any atom is 0.165 e. The zero-order valence-electron chi connectivity index (χ0n) is 9.95. The fraction of sp³-hybridized carbons (Fsp3) is 0.143. The van der Waals surface area contributed by atoms with Crippen LogP contribution in [-0.2, 0) is 13.0 Å². The van der Waals surface area contributed by atoms with Gasteiger partial charge in [0, 0.05) is 24.7 Å². The second-order valence-electron chi connectivity index (χ2n) is 4.21. The minimum Gasteiger partial charge on any atom is -0.326 e. The van der Waals surface area contributed by atoms with Gasteiger partial charge in [0.15, 0.2) is 5.65 Å². The van der Waals surface area contributed by atoms with Crippen molar-refractivity contribution in [2.45, 2.75) is 13.0 Å². The Labute approximate surface area is 105 Å². The molecule has 0 aliphatic carbocycles. The zero-order valence-corrected chi connectivity index (χ0v) is 9.95. The van der Waals surface area contributed by atoms with Crippen LogP contribution in [0.25, 0.3) is 5.65 Å². The molecule has 2 N–H and O–H groups in total. The molecule has 18 heavy (non-hydrogen) atoms. The van der Waals surface area contributed by atoms with Gasteiger partial charge in [-0.15, -0.1) is 10.2 Å². The molecule has 0 aliphatic rings. The number of pyridine rings is 1. The Hall–Kier alpha value is -2.20. The Morgan fingerprint density at radius 2 is 1.83 bits per heavy atom. The third-order valence-corrected chi connectivity index (χ3v) is 3.01. The van der Waals surface area contributed by atoms with Crippen molar-refractivity contribution in [3.63, 3.8) is 0 Å². The first kappa shape index (κ1) is 10.9. The smallest absolute Gasteiger partial charge is 0.165 e. The van der Waals surface area contributed by atoms with Crippen LogP contribution in [0.4, 0.5) is 0 Å². The molecule has 2 aromatic heterocycles. The molecule has 0 saturated heterocycles. The van der Waals surface area contributed by atoms with Crippen LogP contribution in [0, 0.1) is 0 Å². The van der Waals surface area contributed by atoms with E-state index in [1.54, 1.807) is 0 Å². The van der Waals surface area contributed by atoms with Gasteiger partial charge in [-0.1, -0.05) is 36.4 Å². The molecule has 0 radical (unpaired) electrons. The van der Waals surface area contributed by atoms with Crippen LogP contribution in [0.3, 0.4) is 0 Å². The van der Waals surface area contributed by atoms with Gasteiger partial charge >= 0.3 is 0 Å². The van der Waals surface area contributed by atoms with Crippen molar-refractivity contribution in [3.05, 3.63) is 65.6 Å². The molecular formula is C14H14N4. The third-order valence-electron chi connectivity index (χ3n) is 3.01. The van der Waals surface area contributed by atoms with Gasteiger partial charge < -0.3 is 5.73 Å². The summed E-state index contributed by atoms with van der Waals surface area (Å²) >= 11 is 0. The molecule has 0 saturated carbocycles. The number of hydrogen-bond donors (Lipinski definition) is 1. The fourth-order valence-electron chi connectivity index (χ4n) is 2.08. The zero-order chi connectivity index (χ0) is 12.4.